The highest BCUT2D eigenvalue weighted by molar-refractivity contribution is 7.98. The third kappa shape index (κ3) is 8.41. The highest BCUT2D eigenvalue weighted by atomic mass is 32.2. The molecule has 1 aromatic heterocycles. The van der Waals surface area contributed by atoms with Crippen molar-refractivity contribution in [3.8, 4) is 5.75 Å². The Morgan fingerprint density at radius 3 is 2.62 bits per heavy atom. The Kier molecular flexibility index (Phi) is 9.40. The van der Waals surface area contributed by atoms with Gasteiger partial charge >= 0.3 is 0 Å². The Morgan fingerprint density at radius 2 is 2.00 bits per heavy atom. The average molecular weight is 441 g/mol. The molecule has 1 N–H and O–H groups in total. The SMILES string of the molecule is CCOc1ccc(N(CCCC(=O)NCCSCc2ccco2)S(C)(=O)=O)cc1. The van der Waals surface area contributed by atoms with Crippen LogP contribution in [0.4, 0.5) is 5.69 Å². The summed E-state index contributed by atoms with van der Waals surface area (Å²) in [5.74, 6) is 3.08. The molecule has 0 aliphatic rings. The van der Waals surface area contributed by atoms with Crippen LogP contribution in [0.15, 0.2) is 47.1 Å². The van der Waals surface area contributed by atoms with E-state index in [9.17, 15) is 13.2 Å². The summed E-state index contributed by atoms with van der Waals surface area (Å²) in [6, 6.07) is 10.7. The zero-order valence-electron chi connectivity index (χ0n) is 16.8. The highest BCUT2D eigenvalue weighted by Crippen LogP contribution is 2.22. The van der Waals surface area contributed by atoms with E-state index in [1.54, 1.807) is 42.3 Å². The molecule has 0 saturated carbocycles. The van der Waals surface area contributed by atoms with Crippen LogP contribution in [0.25, 0.3) is 0 Å². The van der Waals surface area contributed by atoms with Crippen LogP contribution in [-0.4, -0.2) is 46.0 Å². The lowest BCUT2D eigenvalue weighted by atomic mass is 10.2. The van der Waals surface area contributed by atoms with Gasteiger partial charge in [0.05, 0.1) is 30.6 Å². The zero-order chi connectivity index (χ0) is 21.1. The van der Waals surface area contributed by atoms with E-state index in [4.69, 9.17) is 9.15 Å². The lowest BCUT2D eigenvalue weighted by molar-refractivity contribution is -0.121. The van der Waals surface area contributed by atoms with Gasteiger partial charge in [0.25, 0.3) is 0 Å². The molecule has 0 aliphatic heterocycles. The zero-order valence-corrected chi connectivity index (χ0v) is 18.4. The van der Waals surface area contributed by atoms with Crippen molar-refractivity contribution in [3.05, 3.63) is 48.4 Å². The van der Waals surface area contributed by atoms with Crippen molar-refractivity contribution in [3.63, 3.8) is 0 Å². The molecule has 0 bridgehead atoms. The van der Waals surface area contributed by atoms with E-state index in [2.05, 4.69) is 5.32 Å². The van der Waals surface area contributed by atoms with Crippen molar-refractivity contribution < 1.29 is 22.4 Å². The summed E-state index contributed by atoms with van der Waals surface area (Å²) in [7, 11) is -3.44. The predicted octanol–water partition coefficient (Wildman–Crippen LogP) is 3.27. The van der Waals surface area contributed by atoms with Crippen LogP contribution in [0, 0.1) is 0 Å². The maximum atomic E-state index is 12.1. The summed E-state index contributed by atoms with van der Waals surface area (Å²) < 4.78 is 36.2. The molecule has 29 heavy (non-hydrogen) atoms. The summed E-state index contributed by atoms with van der Waals surface area (Å²) in [6.45, 7) is 3.25. The summed E-state index contributed by atoms with van der Waals surface area (Å²) >= 11 is 1.68. The average Bonchev–Trinajstić information content (AvgIpc) is 3.19. The molecule has 0 fully saturated rings. The predicted molar refractivity (Wildman–Crippen MR) is 117 cm³/mol. The number of thioether (sulfide) groups is 1. The molecule has 7 nitrogen and oxygen atoms in total. The first kappa shape index (κ1) is 23.2. The number of carbonyl (C=O) groups is 1. The second-order valence-electron chi connectivity index (χ2n) is 6.35. The number of hydrogen-bond acceptors (Lipinski definition) is 6. The smallest absolute Gasteiger partial charge is 0.232 e. The Labute approximate surface area is 176 Å². The highest BCUT2D eigenvalue weighted by Gasteiger charge is 2.17. The molecule has 1 aromatic carbocycles. The lowest BCUT2D eigenvalue weighted by Crippen LogP contribution is -2.32. The second kappa shape index (κ2) is 11.8. The molecule has 9 heteroatoms. The van der Waals surface area contributed by atoms with Crippen LogP contribution >= 0.6 is 11.8 Å². The standard InChI is InChI=1S/C20H28N2O5S2/c1-3-26-18-10-8-17(9-11-18)22(29(2,24)25)13-4-7-20(23)21-12-15-28-16-19-6-5-14-27-19/h5-6,8-11,14H,3-4,7,12-13,15-16H2,1-2H3,(H,21,23). The van der Waals surface area contributed by atoms with Gasteiger partial charge in [-0.05, 0) is 49.7 Å². The fourth-order valence-corrected chi connectivity index (χ4v) is 4.38. The van der Waals surface area contributed by atoms with Crippen molar-refractivity contribution in [1.82, 2.24) is 5.32 Å². The number of carbonyl (C=O) groups excluding carboxylic acids is 1. The first-order valence-electron chi connectivity index (χ1n) is 9.47. The summed E-state index contributed by atoms with van der Waals surface area (Å²) in [4.78, 5) is 12.0. The number of benzene rings is 1. The maximum Gasteiger partial charge on any atom is 0.232 e. The third-order valence-corrected chi connectivity index (χ3v) is 6.17. The van der Waals surface area contributed by atoms with E-state index < -0.39 is 10.0 Å². The van der Waals surface area contributed by atoms with Crippen molar-refractivity contribution in [2.75, 3.05) is 36.0 Å². The monoisotopic (exact) mass is 440 g/mol. The number of anilines is 1. The number of furan rings is 1. The van der Waals surface area contributed by atoms with Crippen LogP contribution in [0.1, 0.15) is 25.5 Å². The van der Waals surface area contributed by atoms with Gasteiger partial charge in [-0.25, -0.2) is 8.42 Å². The Hall–Kier alpha value is -2.13. The number of ether oxygens (including phenoxy) is 1. The number of hydrogen-bond donors (Lipinski definition) is 1. The molecular weight excluding hydrogens is 412 g/mol. The first-order chi connectivity index (χ1) is 13.9. The van der Waals surface area contributed by atoms with Crippen molar-refractivity contribution >= 4 is 33.4 Å². The molecule has 0 atom stereocenters. The minimum atomic E-state index is -3.44. The first-order valence-corrected chi connectivity index (χ1v) is 12.5. The molecule has 2 aromatic rings. The van der Waals surface area contributed by atoms with E-state index in [1.165, 1.54) is 10.6 Å². The minimum absolute atomic E-state index is 0.0799. The summed E-state index contributed by atoms with van der Waals surface area (Å²) in [5.41, 5.74) is 0.561. The fourth-order valence-electron chi connectivity index (χ4n) is 2.66. The van der Waals surface area contributed by atoms with E-state index >= 15 is 0 Å². The molecule has 160 valence electrons. The Morgan fingerprint density at radius 1 is 1.24 bits per heavy atom. The molecular formula is C20H28N2O5S2. The number of nitrogens with zero attached hydrogens (tertiary/aromatic N) is 1. The van der Waals surface area contributed by atoms with Gasteiger partial charge in [0, 0.05) is 25.3 Å². The van der Waals surface area contributed by atoms with Crippen LogP contribution in [0.3, 0.4) is 0 Å². The summed E-state index contributed by atoms with van der Waals surface area (Å²) in [6.07, 6.45) is 3.52. The molecule has 1 heterocycles. The van der Waals surface area contributed by atoms with Gasteiger partial charge < -0.3 is 14.5 Å². The Bertz CT molecular complexity index is 836. The van der Waals surface area contributed by atoms with Gasteiger partial charge in [-0.3, -0.25) is 9.10 Å². The normalized spacial score (nSPS) is 11.2. The molecule has 0 saturated heterocycles. The number of sulfonamides is 1. The van der Waals surface area contributed by atoms with Gasteiger partial charge in [-0.2, -0.15) is 11.8 Å². The minimum Gasteiger partial charge on any atom is -0.494 e. The molecule has 0 aliphatic carbocycles. The largest absolute Gasteiger partial charge is 0.494 e. The van der Waals surface area contributed by atoms with Gasteiger partial charge in [-0.15, -0.1) is 0 Å². The third-order valence-electron chi connectivity index (χ3n) is 3.99. The quantitative estimate of drug-likeness (QED) is 0.481. The molecule has 2 rings (SSSR count). The van der Waals surface area contributed by atoms with Crippen LogP contribution in [0.5, 0.6) is 5.75 Å². The van der Waals surface area contributed by atoms with Crippen molar-refractivity contribution in [2.45, 2.75) is 25.5 Å². The molecule has 1 amide bonds. The number of rotatable bonds is 13. The molecule has 0 unspecified atom stereocenters. The van der Waals surface area contributed by atoms with Crippen LogP contribution in [0.2, 0.25) is 0 Å². The van der Waals surface area contributed by atoms with Gasteiger partial charge in [0.2, 0.25) is 15.9 Å². The topological polar surface area (TPSA) is 88.8 Å². The van der Waals surface area contributed by atoms with Gasteiger partial charge in [-0.1, -0.05) is 0 Å². The Balaban J connectivity index is 1.72. The van der Waals surface area contributed by atoms with Crippen molar-refractivity contribution in [2.24, 2.45) is 0 Å². The van der Waals surface area contributed by atoms with Crippen LogP contribution < -0.4 is 14.4 Å². The van der Waals surface area contributed by atoms with E-state index in [1.807, 2.05) is 19.1 Å². The molecule has 0 spiro atoms. The number of nitrogens with one attached hydrogen (secondary N) is 1. The van der Waals surface area contributed by atoms with Gasteiger partial charge in [0.1, 0.15) is 11.5 Å². The summed E-state index contributed by atoms with van der Waals surface area (Å²) in [5, 5.41) is 2.86. The van der Waals surface area contributed by atoms with E-state index in [0.717, 1.165) is 17.3 Å². The van der Waals surface area contributed by atoms with E-state index in [0.29, 0.717) is 31.0 Å². The maximum absolute atomic E-state index is 12.1. The second-order valence-corrected chi connectivity index (χ2v) is 9.36. The number of amides is 1. The van der Waals surface area contributed by atoms with E-state index in [-0.39, 0.29) is 18.9 Å². The molecule has 0 radical (unpaired) electrons. The van der Waals surface area contributed by atoms with Crippen molar-refractivity contribution in [1.29, 1.82) is 0 Å². The van der Waals surface area contributed by atoms with Crippen LogP contribution in [-0.2, 0) is 20.6 Å². The lowest BCUT2D eigenvalue weighted by Gasteiger charge is -2.22. The van der Waals surface area contributed by atoms with Gasteiger partial charge in [0.15, 0.2) is 0 Å². The fraction of sp³-hybridized carbons (Fsp3) is 0.450.